The number of fused-ring (bicyclic) bond motifs is 1. The SMILES string of the molecule is O=C(Cl)C1(n2ccc3cccnc32)CCCC1. The zero-order valence-electron chi connectivity index (χ0n) is 9.40. The lowest BCUT2D eigenvalue weighted by Crippen LogP contribution is -2.36. The monoisotopic (exact) mass is 248 g/mol. The first-order valence-electron chi connectivity index (χ1n) is 5.86. The lowest BCUT2D eigenvalue weighted by molar-refractivity contribution is -0.119. The minimum atomic E-state index is -0.572. The van der Waals surface area contributed by atoms with Crippen molar-refractivity contribution in [3.63, 3.8) is 0 Å². The highest BCUT2D eigenvalue weighted by Gasteiger charge is 2.42. The molecule has 0 unspecified atom stereocenters. The summed E-state index contributed by atoms with van der Waals surface area (Å²) in [5.74, 6) is 0. The van der Waals surface area contributed by atoms with E-state index in [-0.39, 0.29) is 5.24 Å². The van der Waals surface area contributed by atoms with Crippen molar-refractivity contribution >= 4 is 27.9 Å². The van der Waals surface area contributed by atoms with E-state index in [4.69, 9.17) is 11.6 Å². The van der Waals surface area contributed by atoms with Crippen molar-refractivity contribution in [3.8, 4) is 0 Å². The Kier molecular flexibility index (Phi) is 2.44. The lowest BCUT2D eigenvalue weighted by atomic mass is 9.99. The highest BCUT2D eigenvalue weighted by atomic mass is 35.5. The number of hydrogen-bond acceptors (Lipinski definition) is 2. The van der Waals surface area contributed by atoms with Crippen LogP contribution in [0.1, 0.15) is 25.7 Å². The summed E-state index contributed by atoms with van der Waals surface area (Å²) in [5.41, 5.74) is 0.279. The quantitative estimate of drug-likeness (QED) is 0.766. The number of aromatic nitrogens is 2. The minimum absolute atomic E-state index is 0.266. The van der Waals surface area contributed by atoms with Crippen LogP contribution in [0.3, 0.4) is 0 Å². The van der Waals surface area contributed by atoms with E-state index in [0.29, 0.717) is 0 Å². The largest absolute Gasteiger partial charge is 0.318 e. The van der Waals surface area contributed by atoms with E-state index in [9.17, 15) is 4.79 Å². The van der Waals surface area contributed by atoms with Gasteiger partial charge in [-0.05, 0) is 42.6 Å². The van der Waals surface area contributed by atoms with Gasteiger partial charge in [0, 0.05) is 17.8 Å². The third-order valence-corrected chi connectivity index (χ3v) is 4.06. The molecule has 88 valence electrons. The van der Waals surface area contributed by atoms with E-state index < -0.39 is 5.54 Å². The summed E-state index contributed by atoms with van der Waals surface area (Å²) < 4.78 is 1.96. The fraction of sp³-hybridized carbons (Fsp3) is 0.385. The molecule has 2 heterocycles. The van der Waals surface area contributed by atoms with Crippen LogP contribution in [0.5, 0.6) is 0 Å². The van der Waals surface area contributed by atoms with Crippen LogP contribution in [-0.2, 0) is 10.3 Å². The van der Waals surface area contributed by atoms with Gasteiger partial charge in [-0.3, -0.25) is 4.79 Å². The molecule has 0 aliphatic heterocycles. The Hall–Kier alpha value is -1.35. The Morgan fingerprint density at radius 1 is 1.35 bits per heavy atom. The third-order valence-electron chi connectivity index (χ3n) is 3.71. The van der Waals surface area contributed by atoms with Crippen molar-refractivity contribution in [2.24, 2.45) is 0 Å². The second kappa shape index (κ2) is 3.84. The van der Waals surface area contributed by atoms with E-state index in [1.54, 1.807) is 6.20 Å². The van der Waals surface area contributed by atoms with Crippen LogP contribution in [0, 0.1) is 0 Å². The van der Waals surface area contributed by atoms with Crippen LogP contribution in [0.2, 0.25) is 0 Å². The molecule has 2 aromatic rings. The molecule has 1 aliphatic carbocycles. The summed E-state index contributed by atoms with van der Waals surface area (Å²) in [5, 5.41) is 0.787. The van der Waals surface area contributed by atoms with Crippen LogP contribution in [0.4, 0.5) is 0 Å². The fourth-order valence-electron chi connectivity index (χ4n) is 2.80. The van der Waals surface area contributed by atoms with E-state index in [1.165, 1.54) is 0 Å². The van der Waals surface area contributed by atoms with E-state index in [0.717, 1.165) is 36.7 Å². The molecule has 1 saturated carbocycles. The normalized spacial score (nSPS) is 18.6. The van der Waals surface area contributed by atoms with Gasteiger partial charge in [0.05, 0.1) is 0 Å². The number of carbonyl (C=O) groups excluding carboxylic acids is 1. The molecule has 0 atom stereocenters. The molecule has 0 amide bonds. The zero-order chi connectivity index (χ0) is 11.9. The van der Waals surface area contributed by atoms with Crippen LogP contribution < -0.4 is 0 Å². The highest BCUT2D eigenvalue weighted by Crippen LogP contribution is 2.40. The summed E-state index contributed by atoms with van der Waals surface area (Å²) in [6, 6.07) is 5.89. The van der Waals surface area contributed by atoms with Crippen LogP contribution >= 0.6 is 11.6 Å². The van der Waals surface area contributed by atoms with Crippen molar-refractivity contribution in [3.05, 3.63) is 30.6 Å². The second-order valence-corrected chi connectivity index (χ2v) is 4.96. The van der Waals surface area contributed by atoms with Crippen molar-refractivity contribution in [2.75, 3.05) is 0 Å². The molecule has 0 bridgehead atoms. The number of hydrogen-bond donors (Lipinski definition) is 0. The van der Waals surface area contributed by atoms with Gasteiger partial charge in [-0.25, -0.2) is 4.98 Å². The summed E-state index contributed by atoms with van der Waals surface area (Å²) in [6.45, 7) is 0. The van der Waals surface area contributed by atoms with Crippen molar-refractivity contribution in [1.29, 1.82) is 0 Å². The molecule has 0 N–H and O–H groups in total. The Balaban J connectivity index is 2.22. The summed E-state index contributed by atoms with van der Waals surface area (Å²) >= 11 is 5.85. The Morgan fingerprint density at radius 3 is 2.82 bits per heavy atom. The zero-order valence-corrected chi connectivity index (χ0v) is 10.2. The first-order chi connectivity index (χ1) is 8.24. The van der Waals surface area contributed by atoms with Gasteiger partial charge in [-0.2, -0.15) is 0 Å². The Morgan fingerprint density at radius 2 is 2.12 bits per heavy atom. The molecule has 17 heavy (non-hydrogen) atoms. The summed E-state index contributed by atoms with van der Waals surface area (Å²) in [6.07, 6.45) is 7.41. The van der Waals surface area contributed by atoms with Gasteiger partial charge in [-0.1, -0.05) is 12.8 Å². The Bertz CT molecular complexity index is 570. The number of pyridine rings is 1. The number of nitrogens with zero attached hydrogens (tertiary/aromatic N) is 2. The van der Waals surface area contributed by atoms with E-state index in [1.807, 2.05) is 29.0 Å². The molecule has 3 rings (SSSR count). The molecule has 3 nitrogen and oxygen atoms in total. The molecule has 1 aliphatic rings. The number of halogens is 1. The second-order valence-electron chi connectivity index (χ2n) is 4.61. The average Bonchev–Trinajstić information content (AvgIpc) is 2.95. The maximum atomic E-state index is 11.8. The topological polar surface area (TPSA) is 34.9 Å². The number of rotatable bonds is 2. The van der Waals surface area contributed by atoms with Crippen LogP contribution in [0.25, 0.3) is 11.0 Å². The van der Waals surface area contributed by atoms with Gasteiger partial charge in [-0.15, -0.1) is 0 Å². The molecular weight excluding hydrogens is 236 g/mol. The van der Waals surface area contributed by atoms with Crippen molar-refractivity contribution in [2.45, 2.75) is 31.2 Å². The van der Waals surface area contributed by atoms with E-state index in [2.05, 4.69) is 4.98 Å². The molecule has 0 radical (unpaired) electrons. The average molecular weight is 249 g/mol. The predicted octanol–water partition coefficient (Wildman–Crippen LogP) is 3.07. The maximum absolute atomic E-state index is 11.8. The van der Waals surface area contributed by atoms with Gasteiger partial charge in [0.1, 0.15) is 11.2 Å². The van der Waals surface area contributed by atoms with Gasteiger partial charge in [0.2, 0.25) is 5.24 Å². The first-order valence-corrected chi connectivity index (χ1v) is 6.24. The molecule has 4 heteroatoms. The molecule has 0 spiro atoms. The van der Waals surface area contributed by atoms with Crippen LogP contribution in [-0.4, -0.2) is 14.8 Å². The fourth-order valence-corrected chi connectivity index (χ4v) is 3.08. The number of carbonyl (C=O) groups is 1. The minimum Gasteiger partial charge on any atom is -0.318 e. The van der Waals surface area contributed by atoms with E-state index >= 15 is 0 Å². The van der Waals surface area contributed by atoms with Gasteiger partial charge in [0.25, 0.3) is 0 Å². The molecule has 1 fully saturated rings. The van der Waals surface area contributed by atoms with Gasteiger partial charge >= 0.3 is 0 Å². The van der Waals surface area contributed by atoms with Gasteiger partial charge < -0.3 is 4.57 Å². The molecule has 0 saturated heterocycles. The highest BCUT2D eigenvalue weighted by molar-refractivity contribution is 6.65. The molecule has 2 aromatic heterocycles. The van der Waals surface area contributed by atoms with Gasteiger partial charge in [0.15, 0.2) is 0 Å². The maximum Gasteiger partial charge on any atom is 0.247 e. The third kappa shape index (κ3) is 1.49. The first kappa shape index (κ1) is 10.8. The van der Waals surface area contributed by atoms with Crippen molar-refractivity contribution < 1.29 is 4.79 Å². The predicted molar refractivity (Wildman–Crippen MR) is 67.0 cm³/mol. The smallest absolute Gasteiger partial charge is 0.247 e. The van der Waals surface area contributed by atoms with Crippen LogP contribution in [0.15, 0.2) is 30.6 Å². The Labute approximate surface area is 104 Å². The summed E-state index contributed by atoms with van der Waals surface area (Å²) in [4.78, 5) is 16.2. The van der Waals surface area contributed by atoms with Crippen molar-refractivity contribution in [1.82, 2.24) is 9.55 Å². The molecule has 0 aromatic carbocycles. The lowest BCUT2D eigenvalue weighted by Gasteiger charge is -2.27. The standard InChI is InChI=1S/C13H13ClN2O/c14-12(17)13(6-1-2-7-13)16-9-5-10-4-3-8-15-11(10)16/h3-5,8-9H,1-2,6-7H2. The summed E-state index contributed by atoms with van der Waals surface area (Å²) in [7, 11) is 0. The molecular formula is C13H13ClN2O.